The molecule has 32 heavy (non-hydrogen) atoms. The number of morpholine rings is 1. The summed E-state index contributed by atoms with van der Waals surface area (Å²) in [4.78, 5) is 30.0. The zero-order valence-electron chi connectivity index (χ0n) is 17.0. The van der Waals surface area contributed by atoms with Crippen molar-refractivity contribution in [3.8, 4) is 11.1 Å². The second-order valence-corrected chi connectivity index (χ2v) is 7.70. The van der Waals surface area contributed by atoms with Crippen molar-refractivity contribution in [2.45, 2.75) is 0 Å². The quantitative estimate of drug-likeness (QED) is 0.513. The first-order valence-electron chi connectivity index (χ1n) is 10.1. The van der Waals surface area contributed by atoms with E-state index in [0.29, 0.717) is 59.2 Å². The molecule has 4 aromatic rings. The van der Waals surface area contributed by atoms with Gasteiger partial charge in [0.2, 0.25) is 0 Å². The van der Waals surface area contributed by atoms with Gasteiger partial charge in [-0.2, -0.15) is 0 Å². The molecule has 0 saturated carbocycles. The maximum atomic E-state index is 14.5. The standard InChI is InChI=1S/C24H19F2N3O3/c25-19-3-1-2-15(21(19)26)14-11-17-16-10-13(24(31)29-6-8-32-9-7-29)4-5-20(16)28-22(17)18(12-14)23(27)30/h1-5,10-12,28H,6-9H2,(H2,27,30). The Morgan fingerprint density at radius 1 is 1.00 bits per heavy atom. The van der Waals surface area contributed by atoms with Crippen molar-refractivity contribution in [3.63, 3.8) is 0 Å². The van der Waals surface area contributed by atoms with Gasteiger partial charge in [0.25, 0.3) is 11.8 Å². The Morgan fingerprint density at radius 3 is 2.53 bits per heavy atom. The molecule has 1 aliphatic heterocycles. The number of amides is 2. The fourth-order valence-electron chi connectivity index (χ4n) is 4.16. The summed E-state index contributed by atoms with van der Waals surface area (Å²) in [7, 11) is 0. The van der Waals surface area contributed by atoms with Gasteiger partial charge in [0, 0.05) is 40.5 Å². The van der Waals surface area contributed by atoms with E-state index in [1.54, 1.807) is 29.2 Å². The SMILES string of the molecule is NC(=O)c1cc(-c2cccc(F)c2F)cc2c1[nH]c1ccc(C(=O)N3CCOCC3)cc12. The summed E-state index contributed by atoms with van der Waals surface area (Å²) in [5.74, 6) is -2.82. The number of halogens is 2. The molecule has 3 N–H and O–H groups in total. The molecule has 1 saturated heterocycles. The van der Waals surface area contributed by atoms with Gasteiger partial charge >= 0.3 is 0 Å². The third-order valence-corrected chi connectivity index (χ3v) is 5.78. The number of hydrogen-bond donors (Lipinski definition) is 2. The fraction of sp³-hybridized carbons (Fsp3) is 0.167. The van der Waals surface area contributed by atoms with Crippen LogP contribution in [-0.4, -0.2) is 48.0 Å². The zero-order chi connectivity index (χ0) is 22.4. The smallest absolute Gasteiger partial charge is 0.254 e. The number of ether oxygens (including phenoxy) is 1. The van der Waals surface area contributed by atoms with Crippen LogP contribution in [0.5, 0.6) is 0 Å². The Balaban J connectivity index is 1.71. The largest absolute Gasteiger partial charge is 0.378 e. The van der Waals surface area contributed by atoms with Gasteiger partial charge in [0.1, 0.15) is 0 Å². The molecule has 5 rings (SSSR count). The number of nitrogens with one attached hydrogen (secondary N) is 1. The second-order valence-electron chi connectivity index (χ2n) is 7.70. The predicted molar refractivity (Wildman–Crippen MR) is 116 cm³/mol. The van der Waals surface area contributed by atoms with Gasteiger partial charge in [-0.15, -0.1) is 0 Å². The summed E-state index contributed by atoms with van der Waals surface area (Å²) in [5, 5.41) is 1.27. The minimum atomic E-state index is -1.01. The van der Waals surface area contributed by atoms with Gasteiger partial charge in [-0.3, -0.25) is 9.59 Å². The maximum Gasteiger partial charge on any atom is 0.254 e. The molecule has 162 valence electrons. The van der Waals surface area contributed by atoms with Crippen molar-refractivity contribution >= 4 is 33.6 Å². The van der Waals surface area contributed by atoms with Crippen LogP contribution in [0.3, 0.4) is 0 Å². The number of fused-ring (bicyclic) bond motifs is 3. The molecule has 1 fully saturated rings. The van der Waals surface area contributed by atoms with Gasteiger partial charge < -0.3 is 20.4 Å². The first-order chi connectivity index (χ1) is 15.4. The molecule has 3 aromatic carbocycles. The highest BCUT2D eigenvalue weighted by Gasteiger charge is 2.21. The van der Waals surface area contributed by atoms with Crippen LogP contribution < -0.4 is 5.73 Å². The van der Waals surface area contributed by atoms with Crippen molar-refractivity contribution < 1.29 is 23.1 Å². The highest BCUT2D eigenvalue weighted by atomic mass is 19.2. The Bertz CT molecular complexity index is 1390. The number of aromatic amines is 1. The monoisotopic (exact) mass is 435 g/mol. The summed E-state index contributed by atoms with van der Waals surface area (Å²) < 4.78 is 33.6. The number of nitrogens with zero attached hydrogens (tertiary/aromatic N) is 1. The van der Waals surface area contributed by atoms with E-state index in [1.165, 1.54) is 18.2 Å². The van der Waals surface area contributed by atoms with E-state index in [1.807, 2.05) is 0 Å². The number of carbonyl (C=O) groups is 2. The molecule has 8 heteroatoms. The molecule has 6 nitrogen and oxygen atoms in total. The van der Waals surface area contributed by atoms with Crippen LogP contribution in [0.4, 0.5) is 8.78 Å². The van der Waals surface area contributed by atoms with Gasteiger partial charge in [-0.25, -0.2) is 8.78 Å². The van der Waals surface area contributed by atoms with Crippen LogP contribution in [0.15, 0.2) is 48.5 Å². The fourth-order valence-corrected chi connectivity index (χ4v) is 4.16. The minimum absolute atomic E-state index is 0.0179. The lowest BCUT2D eigenvalue weighted by Gasteiger charge is -2.26. The van der Waals surface area contributed by atoms with Crippen molar-refractivity contribution in [1.29, 1.82) is 0 Å². The number of carbonyl (C=O) groups excluding carboxylic acids is 2. The zero-order valence-corrected chi connectivity index (χ0v) is 17.0. The van der Waals surface area contributed by atoms with Gasteiger partial charge in [-0.05, 0) is 42.0 Å². The molecule has 1 aliphatic rings. The van der Waals surface area contributed by atoms with E-state index in [-0.39, 0.29) is 17.0 Å². The summed E-state index contributed by atoms with van der Waals surface area (Å²) in [6, 6.07) is 12.2. The number of hydrogen-bond acceptors (Lipinski definition) is 3. The first kappa shape index (κ1) is 20.1. The van der Waals surface area contributed by atoms with Crippen LogP contribution in [-0.2, 0) is 4.74 Å². The van der Waals surface area contributed by atoms with E-state index in [0.717, 1.165) is 6.07 Å². The lowest BCUT2D eigenvalue weighted by Crippen LogP contribution is -2.40. The summed E-state index contributed by atoms with van der Waals surface area (Å²) >= 11 is 0. The molecule has 1 aromatic heterocycles. The lowest BCUT2D eigenvalue weighted by molar-refractivity contribution is 0.0303. The molecule has 2 amide bonds. The van der Waals surface area contributed by atoms with Gasteiger partial charge in [-0.1, -0.05) is 12.1 Å². The van der Waals surface area contributed by atoms with Gasteiger partial charge in [0.15, 0.2) is 11.6 Å². The lowest BCUT2D eigenvalue weighted by atomic mass is 9.98. The molecule has 0 unspecified atom stereocenters. The van der Waals surface area contributed by atoms with E-state index in [9.17, 15) is 18.4 Å². The molecule has 0 aliphatic carbocycles. The van der Waals surface area contributed by atoms with Crippen LogP contribution in [0.1, 0.15) is 20.7 Å². The maximum absolute atomic E-state index is 14.5. The molecule has 2 heterocycles. The Labute approximate surface area is 181 Å². The van der Waals surface area contributed by atoms with Gasteiger partial charge in [0.05, 0.1) is 24.3 Å². The summed E-state index contributed by atoms with van der Waals surface area (Å²) in [6.45, 7) is 2.01. The highest BCUT2D eigenvalue weighted by molar-refractivity contribution is 6.17. The highest BCUT2D eigenvalue weighted by Crippen LogP contribution is 2.34. The van der Waals surface area contributed by atoms with Crippen LogP contribution >= 0.6 is 0 Å². The Kier molecular flexibility index (Phi) is 4.86. The van der Waals surface area contributed by atoms with Crippen molar-refractivity contribution in [1.82, 2.24) is 9.88 Å². The first-order valence-corrected chi connectivity index (χ1v) is 10.1. The Hall–Kier alpha value is -3.78. The third kappa shape index (κ3) is 3.29. The molecular formula is C24H19F2N3O3. The average molecular weight is 435 g/mol. The van der Waals surface area contributed by atoms with Crippen molar-refractivity contribution in [2.75, 3.05) is 26.3 Å². The van der Waals surface area contributed by atoms with E-state index in [2.05, 4.69) is 4.98 Å². The predicted octanol–water partition coefficient (Wildman–Crippen LogP) is 3.84. The third-order valence-electron chi connectivity index (χ3n) is 5.78. The topological polar surface area (TPSA) is 88.4 Å². The number of nitrogens with two attached hydrogens (primary N) is 1. The average Bonchev–Trinajstić information content (AvgIpc) is 3.18. The van der Waals surface area contributed by atoms with Crippen LogP contribution in [0, 0.1) is 11.6 Å². The minimum Gasteiger partial charge on any atom is -0.378 e. The number of H-pyrrole nitrogens is 1. The molecule has 0 atom stereocenters. The van der Waals surface area contributed by atoms with Crippen molar-refractivity contribution in [3.05, 3.63) is 71.3 Å². The Morgan fingerprint density at radius 2 is 1.78 bits per heavy atom. The molecular weight excluding hydrogens is 416 g/mol. The molecule has 0 radical (unpaired) electrons. The summed E-state index contributed by atoms with van der Waals surface area (Å²) in [5.41, 5.74) is 7.73. The van der Waals surface area contributed by atoms with E-state index < -0.39 is 17.5 Å². The van der Waals surface area contributed by atoms with Crippen molar-refractivity contribution in [2.24, 2.45) is 5.73 Å². The van der Waals surface area contributed by atoms with Crippen LogP contribution in [0.2, 0.25) is 0 Å². The number of aromatic nitrogens is 1. The summed E-state index contributed by atoms with van der Waals surface area (Å²) in [6.07, 6.45) is 0. The molecule has 0 bridgehead atoms. The normalized spacial score (nSPS) is 14.2. The van der Waals surface area contributed by atoms with E-state index >= 15 is 0 Å². The van der Waals surface area contributed by atoms with Crippen LogP contribution in [0.25, 0.3) is 32.9 Å². The molecule has 0 spiro atoms. The van der Waals surface area contributed by atoms with E-state index in [4.69, 9.17) is 10.5 Å². The number of rotatable bonds is 3. The number of primary amides is 1. The second kappa shape index (κ2) is 7.72. The number of benzene rings is 3.